The van der Waals surface area contributed by atoms with Gasteiger partial charge in [0.2, 0.25) is 11.8 Å². The number of hydrogen-bond donors (Lipinski definition) is 1. The van der Waals surface area contributed by atoms with Gasteiger partial charge in [0, 0.05) is 50.9 Å². The van der Waals surface area contributed by atoms with E-state index in [1.165, 1.54) is 12.8 Å². The molecule has 9 heteroatoms. The summed E-state index contributed by atoms with van der Waals surface area (Å²) in [5, 5.41) is 3.66. The zero-order chi connectivity index (χ0) is 23.4. The second-order valence-corrected chi connectivity index (χ2v) is 9.38. The Hall–Kier alpha value is -2.68. The van der Waals surface area contributed by atoms with Crippen LogP contribution in [0.1, 0.15) is 32.1 Å². The Kier molecular flexibility index (Phi) is 7.47. The van der Waals surface area contributed by atoms with E-state index in [2.05, 4.69) is 22.3 Å². The fraction of sp³-hybridized carbons (Fsp3) is 0.583. The van der Waals surface area contributed by atoms with Gasteiger partial charge in [-0.05, 0) is 50.0 Å². The highest BCUT2D eigenvalue weighted by Crippen LogP contribution is 2.33. The number of benzene rings is 1. The van der Waals surface area contributed by atoms with Gasteiger partial charge in [-0.1, -0.05) is 18.2 Å². The summed E-state index contributed by atoms with van der Waals surface area (Å²) in [4.78, 5) is 43.5. The molecule has 33 heavy (non-hydrogen) atoms. The van der Waals surface area contributed by atoms with E-state index in [1.54, 1.807) is 4.90 Å². The molecule has 0 bridgehead atoms. The minimum atomic E-state index is -0.223. The van der Waals surface area contributed by atoms with Crippen LogP contribution < -0.4 is 10.2 Å². The molecule has 178 valence electrons. The van der Waals surface area contributed by atoms with E-state index in [0.717, 1.165) is 13.1 Å². The molecule has 1 N–H and O–H groups in total. The Labute approximate surface area is 200 Å². The number of carbonyl (C=O) groups excluding carboxylic acids is 3. The number of rotatable bonds is 6. The zero-order valence-electron chi connectivity index (χ0n) is 19.1. The maximum Gasteiger partial charge on any atom is 0.308 e. The third-order valence-electron chi connectivity index (χ3n) is 7.05. The van der Waals surface area contributed by atoms with Gasteiger partial charge in [0.1, 0.15) is 0 Å². The summed E-state index contributed by atoms with van der Waals surface area (Å²) < 4.78 is 4.86. The summed E-state index contributed by atoms with van der Waals surface area (Å²) in [6, 6.07) is 10.1. The van der Waals surface area contributed by atoms with Crippen LogP contribution in [0.15, 0.2) is 30.3 Å². The molecule has 2 saturated heterocycles. The van der Waals surface area contributed by atoms with Crippen molar-refractivity contribution in [3.63, 3.8) is 0 Å². The van der Waals surface area contributed by atoms with Gasteiger partial charge in [0.15, 0.2) is 5.11 Å². The largest absolute Gasteiger partial charge is 0.469 e. The second kappa shape index (κ2) is 10.5. The number of amides is 2. The first-order chi connectivity index (χ1) is 16.0. The number of hydrogen-bond acceptors (Lipinski definition) is 6. The molecule has 2 heterocycles. The van der Waals surface area contributed by atoms with E-state index in [0.29, 0.717) is 56.9 Å². The van der Waals surface area contributed by atoms with Gasteiger partial charge in [0.05, 0.1) is 18.9 Å². The molecule has 4 rings (SSSR count). The number of anilines is 1. The van der Waals surface area contributed by atoms with Crippen LogP contribution in [0.3, 0.4) is 0 Å². The lowest BCUT2D eigenvalue weighted by Crippen LogP contribution is -2.61. The van der Waals surface area contributed by atoms with Crippen molar-refractivity contribution >= 4 is 40.8 Å². The number of nitrogens with one attached hydrogen (secondary N) is 1. The number of nitrogens with zero attached hydrogens (tertiary/aromatic N) is 3. The van der Waals surface area contributed by atoms with Crippen molar-refractivity contribution in [3.05, 3.63) is 30.3 Å². The molecule has 1 saturated carbocycles. The molecule has 0 aromatic heterocycles. The Bertz CT molecular complexity index is 888. The topological polar surface area (TPSA) is 82.2 Å². The SMILES string of the molecule is COC(=O)C1CCC2C(=O)N(CCCC(=O)N3CCN(c4ccccc4)CC3)C(=S)NC2C1. The summed E-state index contributed by atoms with van der Waals surface area (Å²) in [5.41, 5.74) is 1.19. The van der Waals surface area contributed by atoms with Crippen molar-refractivity contribution in [1.82, 2.24) is 15.1 Å². The molecule has 2 aliphatic heterocycles. The lowest BCUT2D eigenvalue weighted by atomic mass is 9.76. The minimum absolute atomic E-state index is 0.0102. The van der Waals surface area contributed by atoms with Crippen LogP contribution in [-0.2, 0) is 19.1 Å². The standard InChI is InChI=1S/C24H32N4O4S/c1-32-23(31)17-9-10-19-20(16-17)25-24(33)28(22(19)30)11-5-8-21(29)27-14-12-26(13-15-27)18-6-3-2-4-7-18/h2-4,6-7,17,19-20H,5,8-16H2,1H3,(H,25,33). The molecule has 0 radical (unpaired) electrons. The highest BCUT2D eigenvalue weighted by atomic mass is 32.1. The van der Waals surface area contributed by atoms with Gasteiger partial charge in [-0.15, -0.1) is 0 Å². The van der Waals surface area contributed by atoms with E-state index in [9.17, 15) is 14.4 Å². The molecule has 3 unspecified atom stereocenters. The fourth-order valence-electron chi connectivity index (χ4n) is 5.15. The molecule has 1 aromatic carbocycles. The quantitative estimate of drug-likeness (QED) is 0.499. The highest BCUT2D eigenvalue weighted by molar-refractivity contribution is 7.80. The molecule has 8 nitrogen and oxygen atoms in total. The van der Waals surface area contributed by atoms with Gasteiger partial charge in [-0.25, -0.2) is 0 Å². The minimum Gasteiger partial charge on any atom is -0.469 e. The smallest absolute Gasteiger partial charge is 0.308 e. The summed E-state index contributed by atoms with van der Waals surface area (Å²) in [5.74, 6) is -0.456. The lowest BCUT2D eigenvalue weighted by molar-refractivity contribution is -0.149. The second-order valence-electron chi connectivity index (χ2n) is 8.99. The van der Waals surface area contributed by atoms with Crippen molar-refractivity contribution in [2.45, 2.75) is 38.1 Å². The monoisotopic (exact) mass is 472 g/mol. The number of fused-ring (bicyclic) bond motifs is 1. The lowest BCUT2D eigenvalue weighted by Gasteiger charge is -2.43. The van der Waals surface area contributed by atoms with Crippen LogP contribution in [0.2, 0.25) is 0 Å². The predicted octanol–water partition coefficient (Wildman–Crippen LogP) is 1.79. The number of carbonyl (C=O) groups is 3. The summed E-state index contributed by atoms with van der Waals surface area (Å²) in [6.45, 7) is 3.50. The average Bonchev–Trinajstić information content (AvgIpc) is 2.85. The first-order valence-corrected chi connectivity index (χ1v) is 12.2. The van der Waals surface area contributed by atoms with Crippen LogP contribution in [0.25, 0.3) is 0 Å². The summed E-state index contributed by atoms with van der Waals surface area (Å²) >= 11 is 5.45. The average molecular weight is 473 g/mol. The Balaban J connectivity index is 1.22. The van der Waals surface area contributed by atoms with Crippen LogP contribution in [0.5, 0.6) is 0 Å². The van der Waals surface area contributed by atoms with Crippen LogP contribution in [0, 0.1) is 11.8 Å². The molecule has 3 atom stereocenters. The van der Waals surface area contributed by atoms with E-state index in [-0.39, 0.29) is 35.7 Å². The number of piperazine rings is 1. The number of thiocarbonyl (C=S) groups is 1. The maximum atomic E-state index is 13.0. The van der Waals surface area contributed by atoms with Crippen LogP contribution in [-0.4, -0.2) is 78.6 Å². The molecular formula is C24H32N4O4S. The van der Waals surface area contributed by atoms with Crippen molar-refractivity contribution < 1.29 is 19.1 Å². The van der Waals surface area contributed by atoms with Crippen molar-refractivity contribution in [2.75, 3.05) is 44.7 Å². The van der Waals surface area contributed by atoms with E-state index >= 15 is 0 Å². The van der Waals surface area contributed by atoms with Crippen LogP contribution >= 0.6 is 12.2 Å². The number of esters is 1. The zero-order valence-corrected chi connectivity index (χ0v) is 19.9. The van der Waals surface area contributed by atoms with Crippen molar-refractivity contribution in [1.29, 1.82) is 0 Å². The van der Waals surface area contributed by atoms with Gasteiger partial charge >= 0.3 is 5.97 Å². The van der Waals surface area contributed by atoms with E-state index < -0.39 is 0 Å². The Morgan fingerprint density at radius 3 is 2.55 bits per heavy atom. The van der Waals surface area contributed by atoms with E-state index in [1.807, 2.05) is 23.1 Å². The molecule has 0 spiro atoms. The maximum absolute atomic E-state index is 13.0. The highest BCUT2D eigenvalue weighted by Gasteiger charge is 2.44. The molecule has 3 fully saturated rings. The van der Waals surface area contributed by atoms with Gasteiger partial charge in [-0.3, -0.25) is 19.3 Å². The molecular weight excluding hydrogens is 440 g/mol. The Morgan fingerprint density at radius 1 is 1.12 bits per heavy atom. The number of para-hydroxylation sites is 1. The van der Waals surface area contributed by atoms with Gasteiger partial charge in [0.25, 0.3) is 0 Å². The van der Waals surface area contributed by atoms with Gasteiger partial charge < -0.3 is 19.9 Å². The first-order valence-electron chi connectivity index (χ1n) is 11.8. The Morgan fingerprint density at radius 2 is 1.85 bits per heavy atom. The van der Waals surface area contributed by atoms with Gasteiger partial charge in [-0.2, -0.15) is 0 Å². The van der Waals surface area contributed by atoms with Crippen molar-refractivity contribution in [3.8, 4) is 0 Å². The number of ether oxygens (including phenoxy) is 1. The molecule has 2 amide bonds. The summed E-state index contributed by atoms with van der Waals surface area (Å²) in [7, 11) is 1.39. The number of methoxy groups -OCH3 is 1. The van der Waals surface area contributed by atoms with Crippen LogP contribution in [0.4, 0.5) is 5.69 Å². The summed E-state index contributed by atoms with van der Waals surface area (Å²) in [6.07, 6.45) is 2.82. The predicted molar refractivity (Wildman–Crippen MR) is 129 cm³/mol. The molecule has 3 aliphatic rings. The normalized spacial score (nSPS) is 25.4. The third-order valence-corrected chi connectivity index (χ3v) is 7.39. The first kappa shape index (κ1) is 23.5. The molecule has 1 aromatic rings. The fourth-order valence-corrected chi connectivity index (χ4v) is 5.49. The third kappa shape index (κ3) is 5.29. The molecule has 1 aliphatic carbocycles. The van der Waals surface area contributed by atoms with E-state index in [4.69, 9.17) is 17.0 Å². The van der Waals surface area contributed by atoms with Crippen molar-refractivity contribution in [2.24, 2.45) is 11.8 Å².